The summed E-state index contributed by atoms with van der Waals surface area (Å²) in [4.78, 5) is 12.2. The van der Waals surface area contributed by atoms with E-state index in [-0.39, 0.29) is 10.3 Å². The van der Waals surface area contributed by atoms with Gasteiger partial charge in [-0.3, -0.25) is 4.79 Å². The number of carbonyl (C=O) groups excluding carboxylic acids is 1. The fourth-order valence-corrected chi connectivity index (χ4v) is 3.04. The number of allylic oxidation sites excluding steroid dienone is 1. The quantitative estimate of drug-likeness (QED) is 0.805. The number of ketones is 1. The van der Waals surface area contributed by atoms with Crippen molar-refractivity contribution in [1.82, 2.24) is 0 Å². The molecule has 3 rings (SSSR count). The fraction of sp³-hybridized carbons (Fsp3) is 0.0625. The highest BCUT2D eigenvalue weighted by molar-refractivity contribution is 9.12. The summed E-state index contributed by atoms with van der Waals surface area (Å²) in [5.41, 5.74) is 1.84. The molecule has 0 spiro atoms. The van der Waals surface area contributed by atoms with Gasteiger partial charge in [-0.2, -0.15) is 0 Å². The van der Waals surface area contributed by atoms with Gasteiger partial charge in [0.15, 0.2) is 0 Å². The molecule has 1 aliphatic carbocycles. The minimum Gasteiger partial charge on any atom is -0.497 e. The van der Waals surface area contributed by atoms with Crippen molar-refractivity contribution in [2.24, 2.45) is 0 Å². The minimum atomic E-state index is -0.693. The average Bonchev–Trinajstić information content (AvgIpc) is 2.69. The first kappa shape index (κ1) is 13.9. The number of benzene rings is 2. The molecule has 2 aromatic rings. The predicted molar refractivity (Wildman–Crippen MR) is 78.6 cm³/mol. The highest BCUT2D eigenvalue weighted by atomic mass is 79.9. The van der Waals surface area contributed by atoms with Crippen molar-refractivity contribution in [2.45, 2.75) is 0 Å². The molecular formula is C16H9BrF2O2. The summed E-state index contributed by atoms with van der Waals surface area (Å²) in [6, 6.07) is 8.18. The second-order valence-corrected chi connectivity index (χ2v) is 5.38. The van der Waals surface area contributed by atoms with Gasteiger partial charge in [0.1, 0.15) is 17.4 Å². The molecule has 0 saturated heterocycles. The highest BCUT2D eigenvalue weighted by Crippen LogP contribution is 2.41. The van der Waals surface area contributed by atoms with Gasteiger partial charge in [0.2, 0.25) is 5.78 Å². The molecule has 0 bridgehead atoms. The van der Waals surface area contributed by atoms with E-state index in [0.29, 0.717) is 28.0 Å². The van der Waals surface area contributed by atoms with Gasteiger partial charge in [-0.1, -0.05) is 0 Å². The molecule has 0 N–H and O–H groups in total. The Balaban J connectivity index is 2.26. The Hall–Kier alpha value is -2.01. The van der Waals surface area contributed by atoms with Gasteiger partial charge in [-0.25, -0.2) is 8.78 Å². The number of hydrogen-bond donors (Lipinski definition) is 0. The van der Waals surface area contributed by atoms with Crippen molar-refractivity contribution in [1.29, 1.82) is 0 Å². The highest BCUT2D eigenvalue weighted by Gasteiger charge is 2.29. The van der Waals surface area contributed by atoms with Crippen LogP contribution in [0.25, 0.3) is 5.57 Å². The number of methoxy groups -OCH3 is 1. The van der Waals surface area contributed by atoms with Crippen LogP contribution in [-0.4, -0.2) is 12.9 Å². The van der Waals surface area contributed by atoms with E-state index in [1.165, 1.54) is 19.2 Å². The predicted octanol–water partition coefficient (Wildman–Crippen LogP) is 4.32. The summed E-state index contributed by atoms with van der Waals surface area (Å²) in [5, 5.41) is 0. The van der Waals surface area contributed by atoms with Crippen LogP contribution in [0, 0.1) is 11.6 Å². The summed E-state index contributed by atoms with van der Waals surface area (Å²) < 4.78 is 32.3. The Kier molecular flexibility index (Phi) is 3.37. The molecule has 0 heterocycles. The van der Waals surface area contributed by atoms with Gasteiger partial charge in [-0.05, 0) is 57.4 Å². The summed E-state index contributed by atoms with van der Waals surface area (Å²) in [6.07, 6.45) is 0. The number of fused-ring (bicyclic) bond motifs is 1. The van der Waals surface area contributed by atoms with Crippen LogP contribution in [0.15, 0.2) is 40.9 Å². The number of halogens is 3. The maximum Gasteiger partial charge on any atom is 0.201 e. The molecule has 106 valence electrons. The molecule has 0 fully saturated rings. The van der Waals surface area contributed by atoms with E-state index in [1.54, 1.807) is 18.2 Å². The van der Waals surface area contributed by atoms with E-state index in [0.717, 1.165) is 6.07 Å². The van der Waals surface area contributed by atoms with Gasteiger partial charge in [0, 0.05) is 17.2 Å². The molecule has 2 nitrogen and oxygen atoms in total. The fourth-order valence-electron chi connectivity index (χ4n) is 2.39. The van der Waals surface area contributed by atoms with E-state index in [2.05, 4.69) is 15.9 Å². The number of ether oxygens (including phenoxy) is 1. The van der Waals surface area contributed by atoms with Crippen LogP contribution in [0.1, 0.15) is 21.5 Å². The third kappa shape index (κ3) is 2.27. The second-order valence-electron chi connectivity index (χ2n) is 4.59. The normalized spacial score (nSPS) is 13.6. The Labute approximate surface area is 128 Å². The lowest BCUT2D eigenvalue weighted by Gasteiger charge is -2.08. The summed E-state index contributed by atoms with van der Waals surface area (Å²) in [5.74, 6) is -1.03. The SMILES string of the molecule is COc1ccc2c(c1)C(c1cc(F)cc(F)c1)=C(Br)C2=O. The smallest absolute Gasteiger partial charge is 0.201 e. The van der Waals surface area contributed by atoms with E-state index in [4.69, 9.17) is 4.74 Å². The first-order valence-corrected chi connectivity index (χ1v) is 6.90. The molecule has 0 aromatic heterocycles. The molecule has 0 saturated carbocycles. The molecule has 2 aromatic carbocycles. The zero-order valence-corrected chi connectivity index (χ0v) is 12.5. The van der Waals surface area contributed by atoms with Crippen molar-refractivity contribution in [2.75, 3.05) is 7.11 Å². The third-order valence-corrected chi connectivity index (χ3v) is 4.07. The molecular weight excluding hydrogens is 342 g/mol. The summed E-state index contributed by atoms with van der Waals surface area (Å²) in [7, 11) is 1.51. The average molecular weight is 351 g/mol. The lowest BCUT2D eigenvalue weighted by atomic mass is 9.98. The first-order chi connectivity index (χ1) is 10.0. The zero-order valence-electron chi connectivity index (χ0n) is 10.9. The molecule has 0 atom stereocenters. The van der Waals surface area contributed by atoms with E-state index < -0.39 is 11.6 Å². The topological polar surface area (TPSA) is 26.3 Å². The molecule has 5 heteroatoms. The van der Waals surface area contributed by atoms with E-state index in [9.17, 15) is 13.6 Å². The molecule has 0 unspecified atom stereocenters. The van der Waals surface area contributed by atoms with Crippen molar-refractivity contribution in [3.63, 3.8) is 0 Å². The van der Waals surface area contributed by atoms with Crippen LogP contribution >= 0.6 is 15.9 Å². The summed E-state index contributed by atoms with van der Waals surface area (Å²) >= 11 is 3.23. The van der Waals surface area contributed by atoms with Crippen LogP contribution < -0.4 is 4.74 Å². The van der Waals surface area contributed by atoms with Crippen molar-refractivity contribution in [3.8, 4) is 5.75 Å². The third-order valence-electron chi connectivity index (χ3n) is 3.31. The standard InChI is InChI=1S/C16H9BrF2O2/c1-21-11-2-3-12-13(7-11)14(15(17)16(12)20)8-4-9(18)6-10(19)5-8/h2-7H,1H3. The van der Waals surface area contributed by atoms with Crippen LogP contribution in [0.4, 0.5) is 8.78 Å². The lowest BCUT2D eigenvalue weighted by Crippen LogP contribution is -1.94. The minimum absolute atomic E-state index is 0.215. The Bertz CT molecular complexity index is 777. The second kappa shape index (κ2) is 5.07. The number of hydrogen-bond acceptors (Lipinski definition) is 2. The van der Waals surface area contributed by atoms with Crippen LogP contribution in [0.2, 0.25) is 0 Å². The van der Waals surface area contributed by atoms with Gasteiger partial charge >= 0.3 is 0 Å². The Morgan fingerprint density at radius 2 is 1.67 bits per heavy atom. The van der Waals surface area contributed by atoms with Crippen LogP contribution in [0.3, 0.4) is 0 Å². The molecule has 0 radical (unpaired) electrons. The van der Waals surface area contributed by atoms with Crippen LogP contribution in [0.5, 0.6) is 5.75 Å². The largest absolute Gasteiger partial charge is 0.497 e. The first-order valence-electron chi connectivity index (χ1n) is 6.10. The molecule has 1 aliphatic rings. The molecule has 0 amide bonds. The molecule has 0 aliphatic heterocycles. The van der Waals surface area contributed by atoms with Gasteiger partial charge in [0.05, 0.1) is 11.6 Å². The lowest BCUT2D eigenvalue weighted by molar-refractivity contribution is 0.104. The van der Waals surface area contributed by atoms with Crippen LogP contribution in [-0.2, 0) is 0 Å². The van der Waals surface area contributed by atoms with Gasteiger partial charge in [-0.15, -0.1) is 0 Å². The number of Topliss-reactive ketones (excluding diaryl/α,β-unsaturated/α-hetero) is 1. The number of carbonyl (C=O) groups is 1. The monoisotopic (exact) mass is 350 g/mol. The summed E-state index contributed by atoms with van der Waals surface area (Å²) in [6.45, 7) is 0. The Morgan fingerprint density at radius 1 is 1.00 bits per heavy atom. The van der Waals surface area contributed by atoms with Gasteiger partial charge in [0.25, 0.3) is 0 Å². The maximum absolute atomic E-state index is 13.4. The van der Waals surface area contributed by atoms with Gasteiger partial charge < -0.3 is 4.74 Å². The van der Waals surface area contributed by atoms with Crippen molar-refractivity contribution in [3.05, 3.63) is 69.2 Å². The van der Waals surface area contributed by atoms with Crippen molar-refractivity contribution >= 4 is 27.3 Å². The van der Waals surface area contributed by atoms with E-state index in [1.807, 2.05) is 0 Å². The van der Waals surface area contributed by atoms with E-state index >= 15 is 0 Å². The number of rotatable bonds is 2. The molecule has 21 heavy (non-hydrogen) atoms. The zero-order chi connectivity index (χ0) is 15.1. The van der Waals surface area contributed by atoms with Crippen molar-refractivity contribution < 1.29 is 18.3 Å². The maximum atomic E-state index is 13.4. The Morgan fingerprint density at radius 3 is 2.29 bits per heavy atom.